The van der Waals surface area contributed by atoms with E-state index >= 15 is 0 Å². The molecule has 0 aliphatic heterocycles. The number of anilines is 1. The Bertz CT molecular complexity index is 961. The summed E-state index contributed by atoms with van der Waals surface area (Å²) in [6.07, 6.45) is 2.94. The summed E-state index contributed by atoms with van der Waals surface area (Å²) in [5.74, 6) is -0.0660. The van der Waals surface area contributed by atoms with Crippen LogP contribution in [0.2, 0.25) is 0 Å². The number of amides is 1. The smallest absolute Gasteiger partial charge is 0.239 e. The maximum absolute atomic E-state index is 13.8. The van der Waals surface area contributed by atoms with E-state index in [0.29, 0.717) is 27.9 Å². The highest BCUT2D eigenvalue weighted by atomic mass is 19.1. The number of benzene rings is 1. The molecule has 0 aliphatic rings. The van der Waals surface area contributed by atoms with E-state index in [1.165, 1.54) is 24.6 Å². The van der Waals surface area contributed by atoms with Gasteiger partial charge in [0.15, 0.2) is 0 Å². The topological polar surface area (TPSA) is 91.0 Å². The fraction of sp³-hybridized carbons (Fsp3) is 0.167. The van der Waals surface area contributed by atoms with Crippen molar-refractivity contribution in [3.63, 3.8) is 0 Å². The summed E-state index contributed by atoms with van der Waals surface area (Å²) in [5.41, 5.74) is 1.88. The molecule has 2 heterocycles. The highest BCUT2D eigenvalue weighted by molar-refractivity contribution is 5.96. The quantitative estimate of drug-likeness (QED) is 0.746. The molecule has 0 unspecified atom stereocenters. The molecule has 0 saturated carbocycles. The van der Waals surface area contributed by atoms with Crippen LogP contribution in [0, 0.1) is 24.1 Å². The van der Waals surface area contributed by atoms with Crippen molar-refractivity contribution in [3.8, 4) is 6.07 Å². The van der Waals surface area contributed by atoms with Crippen molar-refractivity contribution in [3.05, 3.63) is 59.4 Å². The number of carbonyl (C=O) groups excluding carboxylic acids is 1. The summed E-state index contributed by atoms with van der Waals surface area (Å²) in [5, 5.41) is 15.4. The minimum absolute atomic E-state index is 0.0654. The monoisotopic (exact) mass is 338 g/mol. The highest BCUT2D eigenvalue weighted by Crippen LogP contribution is 2.28. The van der Waals surface area contributed by atoms with Gasteiger partial charge in [-0.25, -0.2) is 4.39 Å². The number of rotatable bonds is 5. The number of hydrogen-bond donors (Lipinski definition) is 2. The van der Waals surface area contributed by atoms with Crippen molar-refractivity contribution in [2.24, 2.45) is 0 Å². The summed E-state index contributed by atoms with van der Waals surface area (Å²) in [6.45, 7) is 1.94. The maximum atomic E-state index is 13.8. The van der Waals surface area contributed by atoms with Crippen LogP contribution in [0.25, 0.3) is 10.9 Å². The Kier molecular flexibility index (Phi) is 4.61. The molecule has 1 amide bonds. The van der Waals surface area contributed by atoms with Crippen molar-refractivity contribution < 1.29 is 13.6 Å². The molecular weight excluding hydrogens is 323 g/mol. The van der Waals surface area contributed by atoms with Crippen LogP contribution in [0.3, 0.4) is 0 Å². The first-order chi connectivity index (χ1) is 12.1. The number of nitrogens with one attached hydrogen (secondary N) is 2. The Labute approximate surface area is 143 Å². The zero-order valence-corrected chi connectivity index (χ0v) is 13.5. The van der Waals surface area contributed by atoms with Crippen molar-refractivity contribution in [2.45, 2.75) is 13.5 Å². The second kappa shape index (κ2) is 7.01. The summed E-state index contributed by atoms with van der Waals surface area (Å²) in [7, 11) is 0. The first-order valence-corrected chi connectivity index (χ1v) is 7.60. The van der Waals surface area contributed by atoms with Gasteiger partial charge in [0.1, 0.15) is 17.6 Å². The average Bonchev–Trinajstić information content (AvgIpc) is 3.11. The zero-order chi connectivity index (χ0) is 17.8. The van der Waals surface area contributed by atoms with Crippen LogP contribution in [0.5, 0.6) is 0 Å². The van der Waals surface area contributed by atoms with Crippen molar-refractivity contribution in [1.82, 2.24) is 10.3 Å². The molecule has 7 heteroatoms. The molecule has 0 fully saturated rings. The molecule has 2 N–H and O–H groups in total. The van der Waals surface area contributed by atoms with Gasteiger partial charge in [-0.15, -0.1) is 0 Å². The summed E-state index contributed by atoms with van der Waals surface area (Å²) in [4.78, 5) is 16.2. The molecule has 3 rings (SSSR count). The first kappa shape index (κ1) is 16.5. The molecule has 0 bridgehead atoms. The van der Waals surface area contributed by atoms with Gasteiger partial charge in [-0.3, -0.25) is 9.78 Å². The largest absolute Gasteiger partial charge is 0.467 e. The van der Waals surface area contributed by atoms with E-state index in [9.17, 15) is 14.4 Å². The number of hydrogen-bond acceptors (Lipinski definition) is 5. The number of pyridine rings is 1. The minimum Gasteiger partial charge on any atom is -0.467 e. The van der Waals surface area contributed by atoms with E-state index in [2.05, 4.69) is 15.6 Å². The molecule has 0 radical (unpaired) electrons. The second-order valence-electron chi connectivity index (χ2n) is 5.49. The van der Waals surface area contributed by atoms with Crippen LogP contribution >= 0.6 is 0 Å². The van der Waals surface area contributed by atoms with Crippen LogP contribution < -0.4 is 10.6 Å². The molecule has 2 aromatic heterocycles. The zero-order valence-electron chi connectivity index (χ0n) is 13.5. The highest BCUT2D eigenvalue weighted by Gasteiger charge is 2.13. The lowest BCUT2D eigenvalue weighted by Gasteiger charge is -2.12. The summed E-state index contributed by atoms with van der Waals surface area (Å²) < 4.78 is 18.9. The van der Waals surface area contributed by atoms with Gasteiger partial charge in [0.05, 0.1) is 36.1 Å². The van der Waals surface area contributed by atoms with Crippen LogP contribution in [-0.2, 0) is 11.3 Å². The number of carbonyl (C=O) groups is 1. The lowest BCUT2D eigenvalue weighted by molar-refractivity contribution is -0.119. The van der Waals surface area contributed by atoms with Crippen LogP contribution in [0.15, 0.2) is 41.1 Å². The third-order valence-corrected chi connectivity index (χ3v) is 3.71. The fourth-order valence-corrected chi connectivity index (χ4v) is 2.54. The maximum Gasteiger partial charge on any atom is 0.239 e. The van der Waals surface area contributed by atoms with Gasteiger partial charge in [-0.2, -0.15) is 5.26 Å². The van der Waals surface area contributed by atoms with Gasteiger partial charge in [-0.05, 0) is 36.8 Å². The number of aromatic nitrogens is 1. The molecule has 3 aromatic rings. The number of halogens is 1. The molecule has 25 heavy (non-hydrogen) atoms. The third kappa shape index (κ3) is 3.58. The number of nitrogens with zero attached hydrogens (tertiary/aromatic N) is 2. The Balaban J connectivity index is 1.80. The van der Waals surface area contributed by atoms with Gasteiger partial charge in [0.2, 0.25) is 5.91 Å². The van der Waals surface area contributed by atoms with E-state index in [-0.39, 0.29) is 24.6 Å². The van der Waals surface area contributed by atoms with Crippen molar-refractivity contribution >= 4 is 22.5 Å². The van der Waals surface area contributed by atoms with E-state index < -0.39 is 5.82 Å². The van der Waals surface area contributed by atoms with Crippen molar-refractivity contribution in [1.29, 1.82) is 5.26 Å². The standard InChI is InChI=1S/C18H15FN4O2/c1-11-5-13(19)6-15-17(11)22-8-12(7-20)18(15)23-10-16(24)21-9-14-3-2-4-25-14/h2-6,8H,9-10H2,1H3,(H,21,24)(H,22,23). The molecule has 0 aliphatic carbocycles. The Hall–Kier alpha value is -3.40. The predicted octanol–water partition coefficient (Wildman–Crippen LogP) is 2.88. The molecule has 0 atom stereocenters. The van der Waals surface area contributed by atoms with E-state index in [1.54, 1.807) is 19.1 Å². The van der Waals surface area contributed by atoms with Gasteiger partial charge in [0.25, 0.3) is 0 Å². The molecule has 0 saturated heterocycles. The molecule has 0 spiro atoms. The van der Waals surface area contributed by atoms with Gasteiger partial charge in [0, 0.05) is 11.6 Å². The fourth-order valence-electron chi connectivity index (χ4n) is 2.54. The molecule has 1 aromatic carbocycles. The van der Waals surface area contributed by atoms with Crippen LogP contribution in [0.1, 0.15) is 16.9 Å². The Morgan fingerprint density at radius 2 is 2.28 bits per heavy atom. The number of nitriles is 1. The number of furan rings is 1. The van der Waals surface area contributed by atoms with E-state index in [1.807, 2.05) is 6.07 Å². The molecule has 126 valence electrons. The predicted molar refractivity (Wildman–Crippen MR) is 90.2 cm³/mol. The molecular formula is C18H15FN4O2. The molecule has 6 nitrogen and oxygen atoms in total. The summed E-state index contributed by atoms with van der Waals surface area (Å²) >= 11 is 0. The minimum atomic E-state index is -0.424. The van der Waals surface area contributed by atoms with Gasteiger partial charge >= 0.3 is 0 Å². The van der Waals surface area contributed by atoms with Crippen molar-refractivity contribution in [2.75, 3.05) is 11.9 Å². The van der Waals surface area contributed by atoms with Gasteiger partial charge < -0.3 is 15.1 Å². The third-order valence-electron chi connectivity index (χ3n) is 3.71. The average molecular weight is 338 g/mol. The number of fused-ring (bicyclic) bond motifs is 1. The van der Waals surface area contributed by atoms with E-state index in [4.69, 9.17) is 4.42 Å². The Morgan fingerprint density at radius 3 is 3.00 bits per heavy atom. The Morgan fingerprint density at radius 1 is 1.44 bits per heavy atom. The SMILES string of the molecule is Cc1cc(F)cc2c(NCC(=O)NCc3ccco3)c(C#N)cnc12. The normalized spacial score (nSPS) is 10.4. The van der Waals surface area contributed by atoms with Crippen LogP contribution in [0.4, 0.5) is 10.1 Å². The first-order valence-electron chi connectivity index (χ1n) is 7.60. The number of aryl methyl sites for hydroxylation is 1. The van der Waals surface area contributed by atoms with Crippen LogP contribution in [-0.4, -0.2) is 17.4 Å². The second-order valence-corrected chi connectivity index (χ2v) is 5.49. The summed E-state index contributed by atoms with van der Waals surface area (Å²) in [6, 6.07) is 8.18. The van der Waals surface area contributed by atoms with Gasteiger partial charge in [-0.1, -0.05) is 0 Å². The lowest BCUT2D eigenvalue weighted by atomic mass is 10.1. The van der Waals surface area contributed by atoms with E-state index in [0.717, 1.165) is 0 Å². The lowest BCUT2D eigenvalue weighted by Crippen LogP contribution is -2.29.